The maximum absolute atomic E-state index is 12.9. The fourth-order valence-electron chi connectivity index (χ4n) is 0.691. The first kappa shape index (κ1) is 9.37. The van der Waals surface area contributed by atoms with Crippen LogP contribution in [0.1, 0.15) is 10.4 Å². The quantitative estimate of drug-likeness (QED) is 0.634. The summed E-state index contributed by atoms with van der Waals surface area (Å²) in [5, 5.41) is 8.42. The lowest BCUT2D eigenvalue weighted by Gasteiger charge is -1.99. The van der Waals surface area contributed by atoms with Gasteiger partial charge in [0.25, 0.3) is 0 Å². The molecule has 0 aliphatic heterocycles. The Balaban J connectivity index is 3.36. The molecule has 5 heteroatoms. The highest BCUT2D eigenvalue weighted by atomic mass is 127. The first-order chi connectivity index (χ1) is 5.54. The number of carboxylic acids is 1. The van der Waals surface area contributed by atoms with Crippen molar-refractivity contribution in [2.24, 2.45) is 0 Å². The number of benzene rings is 1. The Labute approximate surface area is 80.3 Å². The van der Waals surface area contributed by atoms with E-state index < -0.39 is 23.2 Å². The zero-order valence-corrected chi connectivity index (χ0v) is 7.80. The van der Waals surface area contributed by atoms with E-state index in [4.69, 9.17) is 5.11 Å². The molecule has 0 fully saturated rings. The predicted octanol–water partition coefficient (Wildman–Crippen LogP) is 2.27. The average Bonchev–Trinajstić information content (AvgIpc) is 2.00. The molecule has 0 aliphatic rings. The minimum atomic E-state index is -1.40. The molecule has 1 aromatic rings. The number of hydrogen-bond acceptors (Lipinski definition) is 1. The summed E-state index contributed by atoms with van der Waals surface area (Å²) in [6, 6.07) is 1.82. The maximum Gasteiger partial charge on any atom is 0.338 e. The molecular formula is C7H3F2IO2. The van der Waals surface area contributed by atoms with Crippen LogP contribution in [0, 0.1) is 15.2 Å². The summed E-state index contributed by atoms with van der Waals surface area (Å²) in [6.45, 7) is 0. The summed E-state index contributed by atoms with van der Waals surface area (Å²) in [6.07, 6.45) is 0. The Morgan fingerprint density at radius 2 is 2.00 bits per heavy atom. The Morgan fingerprint density at radius 3 is 2.50 bits per heavy atom. The van der Waals surface area contributed by atoms with Gasteiger partial charge in [0, 0.05) is 0 Å². The monoisotopic (exact) mass is 284 g/mol. The molecule has 12 heavy (non-hydrogen) atoms. The van der Waals surface area contributed by atoms with Gasteiger partial charge in [-0.1, -0.05) is 0 Å². The fourth-order valence-corrected chi connectivity index (χ4v) is 1.16. The molecule has 0 radical (unpaired) electrons. The predicted molar refractivity (Wildman–Crippen MR) is 46.0 cm³/mol. The van der Waals surface area contributed by atoms with Crippen LogP contribution in [0.15, 0.2) is 12.1 Å². The number of rotatable bonds is 1. The van der Waals surface area contributed by atoms with Crippen molar-refractivity contribution in [2.45, 2.75) is 0 Å². The van der Waals surface area contributed by atoms with E-state index in [0.717, 1.165) is 12.1 Å². The second-order valence-electron chi connectivity index (χ2n) is 2.03. The van der Waals surface area contributed by atoms with Gasteiger partial charge in [0.2, 0.25) is 0 Å². The average molecular weight is 284 g/mol. The molecule has 0 atom stereocenters. The summed E-state index contributed by atoms with van der Waals surface area (Å²) in [5.41, 5.74) is -0.513. The molecule has 0 saturated carbocycles. The van der Waals surface area contributed by atoms with Crippen molar-refractivity contribution in [3.63, 3.8) is 0 Å². The lowest BCUT2D eigenvalue weighted by atomic mass is 10.2. The highest BCUT2D eigenvalue weighted by molar-refractivity contribution is 14.1. The van der Waals surface area contributed by atoms with Gasteiger partial charge >= 0.3 is 5.97 Å². The minimum Gasteiger partial charge on any atom is -0.478 e. The number of carbonyl (C=O) groups is 1. The van der Waals surface area contributed by atoms with Gasteiger partial charge in [0.15, 0.2) is 5.82 Å². The molecule has 0 amide bonds. The standard InChI is InChI=1S/C7H3F2IO2/c8-4-2-1-3(7(11)12)5(9)6(4)10/h1-2H,(H,11,12). The molecule has 0 bridgehead atoms. The first-order valence-corrected chi connectivity index (χ1v) is 3.98. The van der Waals surface area contributed by atoms with Gasteiger partial charge < -0.3 is 5.11 Å². The first-order valence-electron chi connectivity index (χ1n) is 2.91. The molecule has 64 valence electrons. The molecular weight excluding hydrogens is 281 g/mol. The van der Waals surface area contributed by atoms with Crippen molar-refractivity contribution in [3.8, 4) is 0 Å². The number of aromatic carboxylic acids is 1. The molecule has 0 saturated heterocycles. The van der Waals surface area contributed by atoms with Crippen LogP contribution >= 0.6 is 22.6 Å². The molecule has 2 nitrogen and oxygen atoms in total. The van der Waals surface area contributed by atoms with Crippen LogP contribution in [0.2, 0.25) is 0 Å². The van der Waals surface area contributed by atoms with Crippen LogP contribution < -0.4 is 0 Å². The van der Waals surface area contributed by atoms with Crippen LogP contribution in [0.3, 0.4) is 0 Å². The van der Waals surface area contributed by atoms with Crippen molar-refractivity contribution in [1.82, 2.24) is 0 Å². The van der Waals surface area contributed by atoms with E-state index in [-0.39, 0.29) is 3.57 Å². The summed E-state index contributed by atoms with van der Waals surface area (Å²) in [5.74, 6) is -3.17. The molecule has 1 rings (SSSR count). The highest BCUT2D eigenvalue weighted by Gasteiger charge is 2.15. The van der Waals surface area contributed by atoms with Crippen molar-refractivity contribution in [1.29, 1.82) is 0 Å². The van der Waals surface area contributed by atoms with E-state index in [1.54, 1.807) is 0 Å². The van der Waals surface area contributed by atoms with Gasteiger partial charge in [-0.3, -0.25) is 0 Å². The van der Waals surface area contributed by atoms with Gasteiger partial charge in [-0.25, -0.2) is 13.6 Å². The Hall–Kier alpha value is -0.720. The second kappa shape index (κ2) is 3.34. The molecule has 0 heterocycles. The third-order valence-corrected chi connectivity index (χ3v) is 2.25. The van der Waals surface area contributed by atoms with E-state index in [0.29, 0.717) is 0 Å². The van der Waals surface area contributed by atoms with Crippen LogP contribution in [0.5, 0.6) is 0 Å². The topological polar surface area (TPSA) is 37.3 Å². The van der Waals surface area contributed by atoms with Crippen molar-refractivity contribution in [2.75, 3.05) is 0 Å². The maximum atomic E-state index is 12.9. The summed E-state index contributed by atoms with van der Waals surface area (Å²) < 4.78 is 25.2. The highest BCUT2D eigenvalue weighted by Crippen LogP contribution is 2.18. The van der Waals surface area contributed by atoms with E-state index >= 15 is 0 Å². The Bertz CT molecular complexity index is 338. The van der Waals surface area contributed by atoms with E-state index in [1.807, 2.05) is 0 Å². The smallest absolute Gasteiger partial charge is 0.338 e. The zero-order valence-electron chi connectivity index (χ0n) is 5.64. The van der Waals surface area contributed by atoms with Crippen molar-refractivity contribution >= 4 is 28.6 Å². The molecule has 1 aromatic carbocycles. The Morgan fingerprint density at radius 1 is 1.42 bits per heavy atom. The van der Waals surface area contributed by atoms with Crippen molar-refractivity contribution < 1.29 is 18.7 Å². The fraction of sp³-hybridized carbons (Fsp3) is 0. The molecule has 0 aromatic heterocycles. The van der Waals surface area contributed by atoms with Crippen LogP contribution in [-0.2, 0) is 0 Å². The van der Waals surface area contributed by atoms with E-state index in [9.17, 15) is 13.6 Å². The summed E-state index contributed by atoms with van der Waals surface area (Å²) >= 11 is 1.41. The van der Waals surface area contributed by atoms with Crippen LogP contribution in [-0.4, -0.2) is 11.1 Å². The Kier molecular flexibility index (Phi) is 2.61. The van der Waals surface area contributed by atoms with Gasteiger partial charge in [-0.05, 0) is 34.7 Å². The minimum absolute atomic E-state index is 0.299. The molecule has 0 aliphatic carbocycles. The second-order valence-corrected chi connectivity index (χ2v) is 3.11. The molecule has 0 spiro atoms. The van der Waals surface area contributed by atoms with Gasteiger partial charge in [0.1, 0.15) is 5.82 Å². The van der Waals surface area contributed by atoms with Crippen LogP contribution in [0.25, 0.3) is 0 Å². The number of halogens is 3. The molecule has 1 N–H and O–H groups in total. The third kappa shape index (κ3) is 1.55. The normalized spacial score (nSPS) is 9.92. The summed E-state index contributed by atoms with van der Waals surface area (Å²) in [4.78, 5) is 10.3. The van der Waals surface area contributed by atoms with Crippen LogP contribution in [0.4, 0.5) is 8.78 Å². The number of carboxylic acid groups (broad SMARTS) is 1. The summed E-state index contributed by atoms with van der Waals surface area (Å²) in [7, 11) is 0. The third-order valence-electron chi connectivity index (χ3n) is 1.27. The van der Waals surface area contributed by atoms with Crippen molar-refractivity contribution in [3.05, 3.63) is 32.9 Å². The zero-order chi connectivity index (χ0) is 9.30. The van der Waals surface area contributed by atoms with E-state index in [2.05, 4.69) is 0 Å². The van der Waals surface area contributed by atoms with Gasteiger partial charge in [-0.2, -0.15) is 0 Å². The van der Waals surface area contributed by atoms with E-state index in [1.165, 1.54) is 22.6 Å². The molecule has 0 unspecified atom stereocenters. The lowest BCUT2D eigenvalue weighted by molar-refractivity contribution is 0.0691. The van der Waals surface area contributed by atoms with Gasteiger partial charge in [-0.15, -0.1) is 0 Å². The largest absolute Gasteiger partial charge is 0.478 e. The number of hydrogen-bond donors (Lipinski definition) is 1. The lowest BCUT2D eigenvalue weighted by Crippen LogP contribution is -2.03. The van der Waals surface area contributed by atoms with Gasteiger partial charge in [0.05, 0.1) is 9.13 Å². The SMILES string of the molecule is O=C(O)c1ccc(F)c(I)c1F.